The number of benzene rings is 2. The van der Waals surface area contributed by atoms with Crippen molar-refractivity contribution < 1.29 is 9.59 Å². The highest BCUT2D eigenvalue weighted by Gasteiger charge is 2.30. The highest BCUT2D eigenvalue weighted by Crippen LogP contribution is 2.23. The van der Waals surface area contributed by atoms with Gasteiger partial charge < -0.3 is 15.1 Å². The van der Waals surface area contributed by atoms with Crippen LogP contribution in [-0.4, -0.2) is 49.6 Å². The molecule has 1 aliphatic heterocycles. The van der Waals surface area contributed by atoms with E-state index in [1.165, 1.54) is 0 Å². The molecule has 6 heteroatoms. The van der Waals surface area contributed by atoms with E-state index in [2.05, 4.69) is 30.1 Å². The lowest BCUT2D eigenvalue weighted by atomic mass is 10.1. The maximum absolute atomic E-state index is 12.7. The Balaban J connectivity index is 1.61. The number of hydrogen-bond acceptors (Lipinski definition) is 3. The van der Waals surface area contributed by atoms with Crippen molar-refractivity contribution in [3.05, 3.63) is 53.6 Å². The molecule has 0 spiro atoms. The van der Waals surface area contributed by atoms with Crippen LogP contribution in [-0.2, 0) is 4.79 Å². The van der Waals surface area contributed by atoms with E-state index in [4.69, 9.17) is 0 Å². The molecular weight excluding hydrogens is 364 g/mol. The zero-order valence-corrected chi connectivity index (χ0v) is 17.7. The fourth-order valence-electron chi connectivity index (χ4n) is 3.63. The second kappa shape index (κ2) is 8.99. The summed E-state index contributed by atoms with van der Waals surface area (Å²) in [6.45, 7) is 11.3. The maximum Gasteiger partial charge on any atom is 0.325 e. The molecule has 2 aromatic carbocycles. The number of urea groups is 1. The van der Waals surface area contributed by atoms with E-state index in [0.717, 1.165) is 41.3 Å². The molecule has 6 nitrogen and oxygen atoms in total. The minimum Gasteiger partial charge on any atom is -0.372 e. The predicted molar refractivity (Wildman–Crippen MR) is 119 cm³/mol. The first kappa shape index (κ1) is 20.7. The van der Waals surface area contributed by atoms with Gasteiger partial charge in [-0.05, 0) is 63.6 Å². The fourth-order valence-corrected chi connectivity index (χ4v) is 3.63. The molecule has 0 bridgehead atoms. The molecule has 3 amide bonds. The molecule has 0 unspecified atom stereocenters. The molecule has 1 N–H and O–H groups in total. The Morgan fingerprint density at radius 2 is 1.72 bits per heavy atom. The molecule has 1 aliphatic rings. The highest BCUT2D eigenvalue weighted by molar-refractivity contribution is 5.99. The van der Waals surface area contributed by atoms with Gasteiger partial charge in [-0.1, -0.05) is 17.7 Å². The summed E-state index contributed by atoms with van der Waals surface area (Å²) < 4.78 is 0. The van der Waals surface area contributed by atoms with Gasteiger partial charge >= 0.3 is 6.03 Å². The predicted octanol–water partition coefficient (Wildman–Crippen LogP) is 4.03. The second-order valence-corrected chi connectivity index (χ2v) is 7.41. The van der Waals surface area contributed by atoms with Crippen LogP contribution in [0.15, 0.2) is 42.5 Å². The van der Waals surface area contributed by atoms with E-state index in [-0.39, 0.29) is 18.5 Å². The largest absolute Gasteiger partial charge is 0.372 e. The lowest BCUT2D eigenvalue weighted by Gasteiger charge is -2.22. The Bertz CT molecular complexity index is 875. The molecule has 0 aromatic heterocycles. The third kappa shape index (κ3) is 4.70. The number of nitrogens with one attached hydrogen (secondary N) is 1. The summed E-state index contributed by atoms with van der Waals surface area (Å²) in [6, 6.07) is 13.8. The van der Waals surface area contributed by atoms with Gasteiger partial charge in [0.25, 0.3) is 0 Å². The number of hydrogen-bond donors (Lipinski definition) is 1. The van der Waals surface area contributed by atoms with Crippen LogP contribution in [0.4, 0.5) is 21.9 Å². The molecule has 0 saturated carbocycles. The molecular formula is C23H30N4O2. The second-order valence-electron chi connectivity index (χ2n) is 7.41. The van der Waals surface area contributed by atoms with Crippen molar-refractivity contribution in [1.82, 2.24) is 4.90 Å². The first-order chi connectivity index (χ1) is 13.9. The standard InChI is InChI=1S/C23H30N4O2/c1-5-25(6-2)20-11-12-21(18(4)15-20)24-22(28)16-26-13-14-27(23(26)29)19-9-7-17(3)8-10-19/h7-12,15H,5-6,13-14,16H2,1-4H3,(H,24,28). The minimum atomic E-state index is -0.178. The van der Waals surface area contributed by atoms with Gasteiger partial charge in [-0.15, -0.1) is 0 Å². The van der Waals surface area contributed by atoms with Gasteiger partial charge in [0.1, 0.15) is 6.54 Å². The summed E-state index contributed by atoms with van der Waals surface area (Å²) in [5.74, 6) is -0.178. The average molecular weight is 395 g/mol. The van der Waals surface area contributed by atoms with Gasteiger partial charge in [-0.3, -0.25) is 9.69 Å². The minimum absolute atomic E-state index is 0.0540. The highest BCUT2D eigenvalue weighted by atomic mass is 16.2. The van der Waals surface area contributed by atoms with Crippen molar-refractivity contribution in [3.8, 4) is 0 Å². The normalized spacial score (nSPS) is 13.7. The lowest BCUT2D eigenvalue weighted by Crippen LogP contribution is -2.37. The van der Waals surface area contributed by atoms with Gasteiger partial charge in [0.15, 0.2) is 0 Å². The molecule has 1 fully saturated rings. The van der Waals surface area contributed by atoms with E-state index < -0.39 is 0 Å². The van der Waals surface area contributed by atoms with E-state index in [9.17, 15) is 9.59 Å². The van der Waals surface area contributed by atoms with Crippen LogP contribution in [0.1, 0.15) is 25.0 Å². The maximum atomic E-state index is 12.7. The van der Waals surface area contributed by atoms with Crippen LogP contribution in [0.2, 0.25) is 0 Å². The zero-order chi connectivity index (χ0) is 21.0. The number of amides is 3. The van der Waals surface area contributed by atoms with Crippen molar-refractivity contribution in [1.29, 1.82) is 0 Å². The Morgan fingerprint density at radius 3 is 2.34 bits per heavy atom. The number of carbonyl (C=O) groups is 2. The summed E-state index contributed by atoms with van der Waals surface area (Å²) in [5.41, 5.74) is 4.96. The Hall–Kier alpha value is -3.02. The number of nitrogens with zero attached hydrogens (tertiary/aromatic N) is 3. The quantitative estimate of drug-likeness (QED) is 0.771. The van der Waals surface area contributed by atoms with Gasteiger partial charge in [-0.2, -0.15) is 0 Å². The number of rotatable bonds is 7. The molecule has 154 valence electrons. The van der Waals surface area contributed by atoms with Crippen molar-refractivity contribution >= 4 is 29.0 Å². The van der Waals surface area contributed by atoms with Gasteiger partial charge in [0.2, 0.25) is 5.91 Å². The average Bonchev–Trinajstić information content (AvgIpc) is 3.06. The SMILES string of the molecule is CCN(CC)c1ccc(NC(=O)CN2CCN(c3ccc(C)cc3)C2=O)c(C)c1. The van der Waals surface area contributed by atoms with Gasteiger partial charge in [0, 0.05) is 43.2 Å². The number of aryl methyl sites for hydroxylation is 2. The third-order valence-electron chi connectivity index (χ3n) is 5.39. The summed E-state index contributed by atoms with van der Waals surface area (Å²) in [4.78, 5) is 30.8. The van der Waals surface area contributed by atoms with Gasteiger partial charge in [0.05, 0.1) is 0 Å². The van der Waals surface area contributed by atoms with E-state index in [0.29, 0.717) is 13.1 Å². The fraction of sp³-hybridized carbons (Fsp3) is 0.391. The molecule has 1 heterocycles. The molecule has 1 saturated heterocycles. The summed E-state index contributed by atoms with van der Waals surface area (Å²) >= 11 is 0. The van der Waals surface area contributed by atoms with Crippen molar-refractivity contribution in [3.63, 3.8) is 0 Å². The van der Waals surface area contributed by atoms with Crippen LogP contribution < -0.4 is 15.1 Å². The summed E-state index contributed by atoms with van der Waals surface area (Å²) in [6.07, 6.45) is 0. The molecule has 3 rings (SSSR count). The number of carbonyl (C=O) groups excluding carboxylic acids is 2. The first-order valence-corrected chi connectivity index (χ1v) is 10.2. The number of anilines is 3. The summed E-state index contributed by atoms with van der Waals surface area (Å²) in [7, 11) is 0. The molecule has 0 atom stereocenters. The Labute approximate surface area is 173 Å². The van der Waals surface area contributed by atoms with Gasteiger partial charge in [-0.25, -0.2) is 4.79 Å². The monoisotopic (exact) mass is 394 g/mol. The van der Waals surface area contributed by atoms with Crippen LogP contribution in [0.5, 0.6) is 0 Å². The zero-order valence-electron chi connectivity index (χ0n) is 17.7. The van der Waals surface area contributed by atoms with Crippen molar-refractivity contribution in [2.75, 3.05) is 47.8 Å². The third-order valence-corrected chi connectivity index (χ3v) is 5.39. The van der Waals surface area contributed by atoms with Crippen LogP contribution in [0.25, 0.3) is 0 Å². The van der Waals surface area contributed by atoms with Crippen LogP contribution >= 0.6 is 0 Å². The van der Waals surface area contributed by atoms with Crippen molar-refractivity contribution in [2.24, 2.45) is 0 Å². The van der Waals surface area contributed by atoms with Crippen LogP contribution in [0, 0.1) is 13.8 Å². The molecule has 2 aromatic rings. The Morgan fingerprint density at radius 1 is 1.03 bits per heavy atom. The lowest BCUT2D eigenvalue weighted by molar-refractivity contribution is -0.116. The van der Waals surface area contributed by atoms with E-state index in [1.54, 1.807) is 9.80 Å². The topological polar surface area (TPSA) is 55.9 Å². The molecule has 29 heavy (non-hydrogen) atoms. The summed E-state index contributed by atoms with van der Waals surface area (Å²) in [5, 5.41) is 2.95. The molecule has 0 aliphatic carbocycles. The van der Waals surface area contributed by atoms with Crippen LogP contribution in [0.3, 0.4) is 0 Å². The smallest absolute Gasteiger partial charge is 0.325 e. The van der Waals surface area contributed by atoms with E-state index >= 15 is 0 Å². The first-order valence-electron chi connectivity index (χ1n) is 10.2. The molecule has 0 radical (unpaired) electrons. The van der Waals surface area contributed by atoms with E-state index in [1.807, 2.05) is 50.2 Å². The van der Waals surface area contributed by atoms with Crippen molar-refractivity contribution in [2.45, 2.75) is 27.7 Å². The Kier molecular flexibility index (Phi) is 6.42.